The molecule has 0 fully saturated rings. The topological polar surface area (TPSA) is 53.9 Å². The van der Waals surface area contributed by atoms with Crippen LogP contribution in [0, 0.1) is 0 Å². The number of hydrogen-bond acceptors (Lipinski definition) is 5. The lowest BCUT2D eigenvalue weighted by Crippen LogP contribution is -2.27. The third-order valence-corrected chi connectivity index (χ3v) is 3.09. The van der Waals surface area contributed by atoms with Crippen LogP contribution in [-0.4, -0.2) is 28.0 Å². The quantitative estimate of drug-likeness (QED) is 0.807. The maximum atomic E-state index is 4.60. The predicted octanol–water partition coefficient (Wildman–Crippen LogP) is 3.11. The van der Waals surface area contributed by atoms with Crippen LogP contribution in [0.5, 0.6) is 0 Å². The van der Waals surface area contributed by atoms with Crippen LogP contribution in [0.25, 0.3) is 0 Å². The van der Waals surface area contributed by atoms with Gasteiger partial charge < -0.3 is 10.2 Å². The molecule has 5 nitrogen and oxygen atoms in total. The largest absolute Gasteiger partial charge is 0.364 e. The van der Waals surface area contributed by atoms with Gasteiger partial charge in [0, 0.05) is 25.5 Å². The molecule has 0 aliphatic carbocycles. The number of pyridine rings is 1. The Morgan fingerprint density at radius 3 is 2.48 bits per heavy atom. The molecule has 1 N–H and O–H groups in total. The molecule has 0 radical (unpaired) electrons. The number of nitrogens with one attached hydrogen (secondary N) is 1. The van der Waals surface area contributed by atoms with E-state index in [-0.39, 0.29) is 0 Å². The van der Waals surface area contributed by atoms with Crippen LogP contribution < -0.4 is 10.2 Å². The molecule has 0 amide bonds. The Hall–Kier alpha value is -2.17. The second-order valence-electron chi connectivity index (χ2n) is 4.90. The summed E-state index contributed by atoms with van der Waals surface area (Å²) in [5, 5.41) is 3.30. The van der Waals surface area contributed by atoms with Crippen LogP contribution in [0.4, 0.5) is 11.8 Å². The summed E-state index contributed by atoms with van der Waals surface area (Å²) in [7, 11) is 0. The van der Waals surface area contributed by atoms with Gasteiger partial charge in [-0.25, -0.2) is 4.98 Å². The smallest absolute Gasteiger partial charge is 0.227 e. The van der Waals surface area contributed by atoms with Crippen molar-refractivity contribution in [1.82, 2.24) is 15.0 Å². The van der Waals surface area contributed by atoms with E-state index >= 15 is 0 Å². The Morgan fingerprint density at radius 1 is 1.00 bits per heavy atom. The molecule has 0 atom stereocenters. The highest BCUT2D eigenvalue weighted by atomic mass is 15.3. The van der Waals surface area contributed by atoms with E-state index in [1.54, 1.807) is 12.4 Å². The normalized spacial score (nSPS) is 10.4. The number of nitrogens with zero attached hydrogens (tertiary/aromatic N) is 4. The highest BCUT2D eigenvalue weighted by molar-refractivity contribution is 5.41. The van der Waals surface area contributed by atoms with Gasteiger partial charge in [-0.2, -0.15) is 4.98 Å². The summed E-state index contributed by atoms with van der Waals surface area (Å²) in [5.41, 5.74) is 0.997. The van der Waals surface area contributed by atoms with E-state index < -0.39 is 0 Å². The fourth-order valence-electron chi connectivity index (χ4n) is 2.13. The SMILES string of the molecule is CCCN(CCC)c1nccc(NCc2ccccn2)n1. The molecular formula is C16H23N5. The highest BCUT2D eigenvalue weighted by Gasteiger charge is 2.08. The molecule has 0 aromatic carbocycles. The van der Waals surface area contributed by atoms with Gasteiger partial charge in [0.25, 0.3) is 0 Å². The molecule has 2 heterocycles. The van der Waals surface area contributed by atoms with Crippen molar-refractivity contribution >= 4 is 11.8 Å². The molecule has 0 spiro atoms. The van der Waals surface area contributed by atoms with Crippen LogP contribution in [0.3, 0.4) is 0 Å². The van der Waals surface area contributed by atoms with Gasteiger partial charge in [0.15, 0.2) is 0 Å². The Balaban J connectivity index is 2.02. The van der Waals surface area contributed by atoms with Crippen LogP contribution in [0.15, 0.2) is 36.7 Å². The predicted molar refractivity (Wildman–Crippen MR) is 86.4 cm³/mol. The lowest BCUT2D eigenvalue weighted by Gasteiger charge is -2.21. The number of rotatable bonds is 8. The summed E-state index contributed by atoms with van der Waals surface area (Å²) >= 11 is 0. The standard InChI is InChI=1S/C16H23N5/c1-3-11-21(12-4-2)16-18-10-8-15(20-16)19-13-14-7-5-6-9-17-14/h5-10H,3-4,11-13H2,1-2H3,(H,18,19,20). The molecule has 0 aliphatic heterocycles. The molecule has 2 aromatic rings. The molecule has 0 saturated carbocycles. The van der Waals surface area contributed by atoms with E-state index in [0.717, 1.165) is 43.4 Å². The zero-order valence-corrected chi connectivity index (χ0v) is 12.8. The van der Waals surface area contributed by atoms with E-state index in [4.69, 9.17) is 0 Å². The van der Waals surface area contributed by atoms with Gasteiger partial charge in [-0.3, -0.25) is 4.98 Å². The van der Waals surface area contributed by atoms with Crippen molar-refractivity contribution in [2.45, 2.75) is 33.2 Å². The van der Waals surface area contributed by atoms with Gasteiger partial charge >= 0.3 is 0 Å². The third kappa shape index (κ3) is 4.70. The maximum Gasteiger partial charge on any atom is 0.227 e. The molecule has 0 bridgehead atoms. The summed E-state index contributed by atoms with van der Waals surface area (Å²) in [5.74, 6) is 1.63. The zero-order valence-electron chi connectivity index (χ0n) is 12.8. The second-order valence-corrected chi connectivity index (χ2v) is 4.90. The van der Waals surface area contributed by atoms with E-state index in [2.05, 4.69) is 39.0 Å². The summed E-state index contributed by atoms with van der Waals surface area (Å²) in [6.45, 7) is 6.98. The summed E-state index contributed by atoms with van der Waals surface area (Å²) in [4.78, 5) is 15.5. The first-order valence-electron chi connectivity index (χ1n) is 7.55. The molecular weight excluding hydrogens is 262 g/mol. The average molecular weight is 285 g/mol. The van der Waals surface area contributed by atoms with Crippen LogP contribution in [-0.2, 0) is 6.54 Å². The second kappa shape index (κ2) is 8.19. The Labute approximate surface area is 126 Å². The minimum atomic E-state index is 0.666. The summed E-state index contributed by atoms with van der Waals surface area (Å²) < 4.78 is 0. The first-order valence-corrected chi connectivity index (χ1v) is 7.55. The Bertz CT molecular complexity index is 523. The minimum absolute atomic E-state index is 0.666. The number of aromatic nitrogens is 3. The van der Waals surface area contributed by atoms with Gasteiger partial charge in [-0.1, -0.05) is 19.9 Å². The zero-order chi connectivity index (χ0) is 14.9. The minimum Gasteiger partial charge on any atom is -0.364 e. The monoisotopic (exact) mass is 285 g/mol. The van der Waals surface area contributed by atoms with Crippen molar-refractivity contribution < 1.29 is 0 Å². The highest BCUT2D eigenvalue weighted by Crippen LogP contribution is 2.12. The van der Waals surface area contributed by atoms with Crippen molar-refractivity contribution in [3.05, 3.63) is 42.4 Å². The molecule has 2 aromatic heterocycles. The Morgan fingerprint density at radius 2 is 1.81 bits per heavy atom. The third-order valence-electron chi connectivity index (χ3n) is 3.09. The van der Waals surface area contributed by atoms with Gasteiger partial charge in [0.2, 0.25) is 5.95 Å². The van der Waals surface area contributed by atoms with Crippen LogP contribution >= 0.6 is 0 Å². The molecule has 2 rings (SSSR count). The first kappa shape index (κ1) is 15.2. The molecule has 0 saturated heterocycles. The molecule has 21 heavy (non-hydrogen) atoms. The van der Waals surface area contributed by atoms with E-state index in [1.165, 1.54) is 0 Å². The maximum absolute atomic E-state index is 4.60. The van der Waals surface area contributed by atoms with Crippen LogP contribution in [0.2, 0.25) is 0 Å². The summed E-state index contributed by atoms with van der Waals surface area (Å²) in [6, 6.07) is 7.79. The van der Waals surface area contributed by atoms with E-state index in [9.17, 15) is 0 Å². The lowest BCUT2D eigenvalue weighted by molar-refractivity contribution is 0.721. The van der Waals surface area contributed by atoms with Crippen molar-refractivity contribution in [3.8, 4) is 0 Å². The van der Waals surface area contributed by atoms with Gasteiger partial charge in [-0.05, 0) is 31.0 Å². The van der Waals surface area contributed by atoms with Gasteiger partial charge in [0.1, 0.15) is 5.82 Å². The van der Waals surface area contributed by atoms with Crippen molar-refractivity contribution in [3.63, 3.8) is 0 Å². The first-order chi connectivity index (χ1) is 10.3. The fraction of sp³-hybridized carbons (Fsp3) is 0.438. The van der Waals surface area contributed by atoms with Crippen molar-refractivity contribution in [1.29, 1.82) is 0 Å². The molecule has 0 aliphatic rings. The lowest BCUT2D eigenvalue weighted by atomic mass is 10.3. The molecule has 5 heteroatoms. The van der Waals surface area contributed by atoms with Gasteiger partial charge in [-0.15, -0.1) is 0 Å². The average Bonchev–Trinajstić information content (AvgIpc) is 2.54. The Kier molecular flexibility index (Phi) is 5.94. The van der Waals surface area contributed by atoms with Crippen molar-refractivity contribution in [2.24, 2.45) is 0 Å². The van der Waals surface area contributed by atoms with E-state index in [0.29, 0.717) is 6.54 Å². The summed E-state index contributed by atoms with van der Waals surface area (Å²) in [6.07, 6.45) is 5.79. The van der Waals surface area contributed by atoms with Gasteiger partial charge in [0.05, 0.1) is 12.2 Å². The molecule has 0 unspecified atom stereocenters. The van der Waals surface area contributed by atoms with Crippen LogP contribution in [0.1, 0.15) is 32.4 Å². The van der Waals surface area contributed by atoms with E-state index in [1.807, 2.05) is 24.3 Å². The fourth-order valence-corrected chi connectivity index (χ4v) is 2.13. The van der Waals surface area contributed by atoms with Crippen molar-refractivity contribution in [2.75, 3.05) is 23.3 Å². The number of hydrogen-bond donors (Lipinski definition) is 1. The molecule has 112 valence electrons. The number of anilines is 2.